The number of nitrogens with zero attached hydrogens (tertiary/aromatic N) is 4. The average molecular weight is 712 g/mol. The maximum Gasteiger partial charge on any atom is 0.357 e. The largest absolute Gasteiger partial charge is 0.497 e. The fraction of sp³-hybridized carbons (Fsp3) is 0.342. The molecule has 0 bridgehead atoms. The molecule has 2 amide bonds. The van der Waals surface area contributed by atoms with Crippen LogP contribution in [0.3, 0.4) is 0 Å². The second-order valence-corrected chi connectivity index (χ2v) is 13.4. The van der Waals surface area contributed by atoms with Crippen LogP contribution in [0.2, 0.25) is 0 Å². The molecule has 6 rings (SSSR count). The second kappa shape index (κ2) is 15.2. The van der Waals surface area contributed by atoms with Crippen molar-refractivity contribution in [3.63, 3.8) is 0 Å². The Balaban J connectivity index is 1.18. The van der Waals surface area contributed by atoms with E-state index in [4.69, 9.17) is 28.2 Å². The molecule has 14 nitrogen and oxygen atoms in total. The first-order valence-electron chi connectivity index (χ1n) is 16.7. The highest BCUT2D eigenvalue weighted by Crippen LogP contribution is 2.34. The topological polar surface area (TPSA) is 155 Å². The lowest BCUT2D eigenvalue weighted by molar-refractivity contribution is -0.156. The van der Waals surface area contributed by atoms with Crippen LogP contribution in [0.15, 0.2) is 82.7 Å². The minimum Gasteiger partial charge on any atom is -0.497 e. The minimum atomic E-state index is -0.820. The highest BCUT2D eigenvalue weighted by Gasteiger charge is 2.48. The van der Waals surface area contributed by atoms with Gasteiger partial charge in [-0.1, -0.05) is 36.3 Å². The number of hydrogen-bond acceptors (Lipinski definition) is 12. The van der Waals surface area contributed by atoms with Crippen molar-refractivity contribution in [2.45, 2.75) is 53.1 Å². The molecule has 4 aromatic rings. The van der Waals surface area contributed by atoms with Crippen LogP contribution in [0.5, 0.6) is 23.0 Å². The van der Waals surface area contributed by atoms with Crippen molar-refractivity contribution >= 4 is 17.8 Å². The van der Waals surface area contributed by atoms with E-state index in [1.54, 1.807) is 65.3 Å². The number of aromatic nitrogens is 2. The molecule has 52 heavy (non-hydrogen) atoms. The summed E-state index contributed by atoms with van der Waals surface area (Å²) in [6.07, 6.45) is 1.56. The summed E-state index contributed by atoms with van der Waals surface area (Å²) in [5.74, 6) is 0.850. The van der Waals surface area contributed by atoms with Crippen molar-refractivity contribution in [1.82, 2.24) is 25.5 Å². The van der Waals surface area contributed by atoms with E-state index in [1.165, 1.54) is 5.01 Å². The molecular weight excluding hydrogens is 670 g/mol. The zero-order valence-electron chi connectivity index (χ0n) is 29.9. The van der Waals surface area contributed by atoms with Crippen molar-refractivity contribution in [3.05, 3.63) is 95.0 Å². The van der Waals surface area contributed by atoms with Gasteiger partial charge in [0.05, 0.1) is 50.7 Å². The number of carbonyl (C=O) groups is 3. The molecule has 2 aliphatic rings. The molecule has 0 aliphatic carbocycles. The van der Waals surface area contributed by atoms with Gasteiger partial charge in [-0.25, -0.2) is 14.8 Å². The molecule has 0 unspecified atom stereocenters. The molecule has 1 atom stereocenters. The van der Waals surface area contributed by atoms with Gasteiger partial charge in [0.1, 0.15) is 36.0 Å². The number of nitrogens with one attached hydrogen (secondary N) is 1. The highest BCUT2D eigenvalue weighted by molar-refractivity contribution is 6.06. The summed E-state index contributed by atoms with van der Waals surface area (Å²) in [5.41, 5.74) is 1.96. The molecule has 0 spiro atoms. The Morgan fingerprint density at radius 1 is 0.904 bits per heavy atom. The number of amides is 2. The fourth-order valence-electron chi connectivity index (χ4n) is 5.65. The molecule has 2 aromatic heterocycles. The first kappa shape index (κ1) is 35.9. The molecule has 1 N–H and O–H groups in total. The Bertz CT molecular complexity index is 1970. The van der Waals surface area contributed by atoms with Crippen LogP contribution in [-0.2, 0) is 38.9 Å². The smallest absolute Gasteiger partial charge is 0.357 e. The first-order valence-corrected chi connectivity index (χ1v) is 16.7. The van der Waals surface area contributed by atoms with E-state index < -0.39 is 17.5 Å². The van der Waals surface area contributed by atoms with E-state index in [-0.39, 0.29) is 49.4 Å². The van der Waals surface area contributed by atoms with Crippen LogP contribution < -0.4 is 24.3 Å². The van der Waals surface area contributed by atoms with E-state index >= 15 is 0 Å². The third kappa shape index (κ3) is 8.18. The Kier molecular flexibility index (Phi) is 10.5. The SMILES string of the molecule is COc1ccc(COc2cnc(-c3cc(CNC(=O)C4=C(C(=O)OC(C)(C)C)N5C(=O)[C@@H](C)CN5C4)on3)cc2OCc2ccc(OC)cc2)cc1. The molecular formula is C38H41N5O9. The van der Waals surface area contributed by atoms with Gasteiger partial charge in [0.15, 0.2) is 23.0 Å². The molecule has 2 aromatic carbocycles. The van der Waals surface area contributed by atoms with Gasteiger partial charge in [-0.2, -0.15) is 0 Å². The summed E-state index contributed by atoms with van der Waals surface area (Å²) in [7, 11) is 3.22. The normalized spacial score (nSPS) is 15.8. The van der Waals surface area contributed by atoms with Gasteiger partial charge in [0, 0.05) is 18.7 Å². The van der Waals surface area contributed by atoms with Gasteiger partial charge in [0.2, 0.25) is 5.91 Å². The number of hydrogen-bond donors (Lipinski definition) is 1. The van der Waals surface area contributed by atoms with Gasteiger partial charge in [-0.15, -0.1) is 0 Å². The molecule has 14 heteroatoms. The lowest BCUT2D eigenvalue weighted by atomic mass is 10.1. The van der Waals surface area contributed by atoms with E-state index in [0.717, 1.165) is 22.6 Å². The van der Waals surface area contributed by atoms with Crippen LogP contribution in [0.4, 0.5) is 0 Å². The van der Waals surface area contributed by atoms with E-state index in [2.05, 4.69) is 15.5 Å². The summed E-state index contributed by atoms with van der Waals surface area (Å²) >= 11 is 0. The number of ether oxygens (including phenoxy) is 5. The third-order valence-corrected chi connectivity index (χ3v) is 8.29. The number of carbonyl (C=O) groups excluding carboxylic acids is 3. The Morgan fingerprint density at radius 2 is 1.52 bits per heavy atom. The van der Waals surface area contributed by atoms with Crippen LogP contribution >= 0.6 is 0 Å². The van der Waals surface area contributed by atoms with Crippen molar-refractivity contribution in [2.24, 2.45) is 5.92 Å². The molecule has 4 heterocycles. The standard InChI is InChI=1S/C38H41N5O9/c1-23-19-42-20-29(34(43(42)36(23)45)37(46)51-38(2,3)4)35(44)40-17-28-15-31(41-52-28)30-16-32(49-21-24-7-11-26(47-5)12-8-24)33(18-39-30)50-22-25-9-13-27(48-6)14-10-25/h7-16,18,23H,17,19-22H2,1-6H3,(H,40,44)/t23-/m0/s1. The molecule has 0 saturated carbocycles. The van der Waals surface area contributed by atoms with Gasteiger partial charge in [-0.3, -0.25) is 14.6 Å². The van der Waals surface area contributed by atoms with Crippen molar-refractivity contribution in [2.75, 3.05) is 27.3 Å². The summed E-state index contributed by atoms with van der Waals surface area (Å²) in [6, 6.07) is 18.4. The quantitative estimate of drug-likeness (QED) is 0.189. The third-order valence-electron chi connectivity index (χ3n) is 8.29. The monoisotopic (exact) mass is 711 g/mol. The number of hydrazine groups is 1. The lowest BCUT2D eigenvalue weighted by Crippen LogP contribution is -2.38. The van der Waals surface area contributed by atoms with Crippen LogP contribution in [0.25, 0.3) is 11.4 Å². The number of rotatable bonds is 13. The predicted molar refractivity (Wildman–Crippen MR) is 187 cm³/mol. The van der Waals surface area contributed by atoms with Crippen LogP contribution in [0, 0.1) is 5.92 Å². The molecule has 1 fully saturated rings. The second-order valence-electron chi connectivity index (χ2n) is 13.4. The number of esters is 1. The maximum absolute atomic E-state index is 13.4. The molecule has 272 valence electrons. The summed E-state index contributed by atoms with van der Waals surface area (Å²) < 4.78 is 33.9. The summed E-state index contributed by atoms with van der Waals surface area (Å²) in [4.78, 5) is 44.1. The summed E-state index contributed by atoms with van der Waals surface area (Å²) in [5, 5.41) is 9.91. The lowest BCUT2D eigenvalue weighted by Gasteiger charge is -2.24. The zero-order valence-corrected chi connectivity index (χ0v) is 29.9. The van der Waals surface area contributed by atoms with E-state index in [0.29, 0.717) is 35.2 Å². The maximum atomic E-state index is 13.4. The number of fused-ring (bicyclic) bond motifs is 1. The summed E-state index contributed by atoms with van der Waals surface area (Å²) in [6.45, 7) is 7.92. The Labute approximate surface area is 301 Å². The van der Waals surface area contributed by atoms with E-state index in [9.17, 15) is 14.4 Å². The Morgan fingerprint density at radius 3 is 2.12 bits per heavy atom. The highest BCUT2D eigenvalue weighted by atomic mass is 16.6. The number of benzene rings is 2. The van der Waals surface area contributed by atoms with Gasteiger partial charge >= 0.3 is 5.97 Å². The molecule has 0 radical (unpaired) electrons. The van der Waals surface area contributed by atoms with Gasteiger partial charge in [0.25, 0.3) is 5.91 Å². The van der Waals surface area contributed by atoms with Crippen LogP contribution in [-0.4, -0.2) is 70.9 Å². The predicted octanol–water partition coefficient (Wildman–Crippen LogP) is 4.83. The van der Waals surface area contributed by atoms with Crippen LogP contribution in [0.1, 0.15) is 44.6 Å². The number of pyridine rings is 1. The fourth-order valence-corrected chi connectivity index (χ4v) is 5.65. The van der Waals surface area contributed by atoms with E-state index in [1.807, 2.05) is 48.5 Å². The minimum absolute atomic E-state index is 0.0365. The molecule has 1 saturated heterocycles. The van der Waals surface area contributed by atoms with Crippen molar-refractivity contribution in [1.29, 1.82) is 0 Å². The van der Waals surface area contributed by atoms with Crippen molar-refractivity contribution < 1.29 is 42.6 Å². The Hall–Kier alpha value is -5.89. The average Bonchev–Trinajstić information content (AvgIpc) is 3.83. The van der Waals surface area contributed by atoms with Crippen molar-refractivity contribution in [3.8, 4) is 34.4 Å². The first-order chi connectivity index (χ1) is 24.9. The zero-order chi connectivity index (χ0) is 37.0. The van der Waals surface area contributed by atoms with Gasteiger partial charge < -0.3 is 33.5 Å². The number of methoxy groups -OCH3 is 2. The molecule has 2 aliphatic heterocycles. The van der Waals surface area contributed by atoms with Gasteiger partial charge in [-0.05, 0) is 56.2 Å².